The van der Waals surface area contributed by atoms with Crippen molar-refractivity contribution < 1.29 is 8.42 Å². The zero-order valence-electron chi connectivity index (χ0n) is 10.5. The molecule has 1 aliphatic rings. The highest BCUT2D eigenvalue weighted by atomic mass is 32.2. The van der Waals surface area contributed by atoms with E-state index in [0.29, 0.717) is 19.5 Å². The highest BCUT2D eigenvalue weighted by Crippen LogP contribution is 2.14. The van der Waals surface area contributed by atoms with E-state index in [0.717, 1.165) is 12.2 Å². The van der Waals surface area contributed by atoms with E-state index in [2.05, 4.69) is 10.3 Å². The van der Waals surface area contributed by atoms with Gasteiger partial charge in [-0.1, -0.05) is 6.07 Å². The topological polar surface area (TPSA) is 62.3 Å². The van der Waals surface area contributed by atoms with Gasteiger partial charge in [0.05, 0.1) is 18.0 Å². The van der Waals surface area contributed by atoms with Gasteiger partial charge in [-0.25, -0.2) is 8.42 Å². The van der Waals surface area contributed by atoms with Crippen molar-refractivity contribution in [3.63, 3.8) is 0 Å². The Balaban J connectivity index is 2.20. The van der Waals surface area contributed by atoms with Crippen molar-refractivity contribution in [1.82, 2.24) is 14.6 Å². The first-order chi connectivity index (χ1) is 8.59. The van der Waals surface area contributed by atoms with Crippen LogP contribution in [0.1, 0.15) is 19.0 Å². The molecule has 0 spiro atoms. The second-order valence-corrected chi connectivity index (χ2v) is 6.63. The Morgan fingerprint density at radius 3 is 3.06 bits per heavy atom. The minimum Gasteiger partial charge on any atom is -0.315 e. The Labute approximate surface area is 108 Å². The van der Waals surface area contributed by atoms with E-state index >= 15 is 0 Å². The molecule has 0 amide bonds. The van der Waals surface area contributed by atoms with Gasteiger partial charge in [0.15, 0.2) is 0 Å². The van der Waals surface area contributed by atoms with E-state index < -0.39 is 10.0 Å². The van der Waals surface area contributed by atoms with Crippen LogP contribution in [0, 0.1) is 0 Å². The van der Waals surface area contributed by atoms with Crippen LogP contribution in [0.3, 0.4) is 0 Å². The van der Waals surface area contributed by atoms with Crippen LogP contribution in [0.4, 0.5) is 0 Å². The molecule has 1 saturated heterocycles. The quantitative estimate of drug-likeness (QED) is 0.854. The molecular formula is C12H19N3O2S. The molecule has 6 heteroatoms. The number of rotatable bonds is 2. The van der Waals surface area contributed by atoms with E-state index in [-0.39, 0.29) is 11.8 Å². The van der Waals surface area contributed by atoms with Gasteiger partial charge in [-0.3, -0.25) is 4.98 Å². The largest absolute Gasteiger partial charge is 0.315 e. The lowest BCUT2D eigenvalue weighted by atomic mass is 10.3. The lowest BCUT2D eigenvalue weighted by Gasteiger charge is -2.30. The number of nitrogens with zero attached hydrogens (tertiary/aromatic N) is 2. The Bertz CT molecular complexity index is 475. The number of pyridine rings is 1. The summed E-state index contributed by atoms with van der Waals surface area (Å²) < 4.78 is 26.0. The van der Waals surface area contributed by atoms with Crippen LogP contribution in [0.15, 0.2) is 24.4 Å². The monoisotopic (exact) mass is 269 g/mol. The second-order valence-electron chi connectivity index (χ2n) is 4.59. The summed E-state index contributed by atoms with van der Waals surface area (Å²) in [4.78, 5) is 4.20. The molecule has 0 bridgehead atoms. The average molecular weight is 269 g/mol. The fourth-order valence-corrected chi connectivity index (χ4v) is 3.78. The number of nitrogens with one attached hydrogen (secondary N) is 1. The zero-order valence-corrected chi connectivity index (χ0v) is 11.4. The van der Waals surface area contributed by atoms with Gasteiger partial charge in [-0.05, 0) is 32.0 Å². The first kappa shape index (κ1) is 13.5. The van der Waals surface area contributed by atoms with E-state index in [4.69, 9.17) is 0 Å². The van der Waals surface area contributed by atoms with Gasteiger partial charge in [0.1, 0.15) is 0 Å². The van der Waals surface area contributed by atoms with Crippen LogP contribution >= 0.6 is 0 Å². The van der Waals surface area contributed by atoms with Crippen molar-refractivity contribution in [2.24, 2.45) is 0 Å². The Morgan fingerprint density at radius 2 is 2.33 bits per heavy atom. The maximum absolute atomic E-state index is 12.2. The van der Waals surface area contributed by atoms with Gasteiger partial charge in [0, 0.05) is 18.8 Å². The fourth-order valence-electron chi connectivity index (χ4n) is 2.09. The van der Waals surface area contributed by atoms with Gasteiger partial charge in [-0.15, -0.1) is 0 Å². The molecule has 100 valence electrons. The van der Waals surface area contributed by atoms with E-state index in [1.807, 2.05) is 25.1 Å². The van der Waals surface area contributed by atoms with Crippen LogP contribution in [0.5, 0.6) is 0 Å². The van der Waals surface area contributed by atoms with Gasteiger partial charge >= 0.3 is 0 Å². The zero-order chi connectivity index (χ0) is 13.0. The number of hydrogen-bond acceptors (Lipinski definition) is 4. The summed E-state index contributed by atoms with van der Waals surface area (Å²) in [5.41, 5.74) is 0.786. The lowest BCUT2D eigenvalue weighted by Crippen LogP contribution is -2.47. The molecule has 1 aliphatic heterocycles. The normalized spacial score (nSPS) is 25.3. The van der Waals surface area contributed by atoms with Gasteiger partial charge in [-0.2, -0.15) is 4.31 Å². The summed E-state index contributed by atoms with van der Waals surface area (Å²) in [5, 5.41) is 3.26. The SMILES string of the molecule is CC1CNCCCS(=O)(=O)N1Cc1ccccn1. The third-order valence-electron chi connectivity index (χ3n) is 3.09. The highest BCUT2D eigenvalue weighted by Gasteiger charge is 2.28. The molecule has 1 aromatic rings. The molecule has 1 fully saturated rings. The van der Waals surface area contributed by atoms with Gasteiger partial charge in [0.25, 0.3) is 0 Å². The number of hydrogen-bond donors (Lipinski definition) is 1. The molecule has 5 nitrogen and oxygen atoms in total. The molecule has 1 unspecified atom stereocenters. The molecule has 1 aromatic heterocycles. The van der Waals surface area contributed by atoms with Crippen LogP contribution in [-0.4, -0.2) is 42.6 Å². The van der Waals surface area contributed by atoms with Crippen molar-refractivity contribution in [3.8, 4) is 0 Å². The fraction of sp³-hybridized carbons (Fsp3) is 0.583. The summed E-state index contributed by atoms with van der Waals surface area (Å²) in [6.45, 7) is 3.73. The molecule has 1 N–H and O–H groups in total. The molecule has 2 heterocycles. The molecular weight excluding hydrogens is 250 g/mol. The Hall–Kier alpha value is -0.980. The maximum atomic E-state index is 12.2. The Kier molecular flexibility index (Phi) is 4.31. The molecule has 2 rings (SSSR count). The third-order valence-corrected chi connectivity index (χ3v) is 5.10. The molecule has 1 atom stereocenters. The maximum Gasteiger partial charge on any atom is 0.214 e. The van der Waals surface area contributed by atoms with Crippen LogP contribution in [0.2, 0.25) is 0 Å². The summed E-state index contributed by atoms with van der Waals surface area (Å²) in [6.07, 6.45) is 2.35. The van der Waals surface area contributed by atoms with Crippen molar-refractivity contribution in [2.75, 3.05) is 18.8 Å². The second kappa shape index (κ2) is 5.77. The predicted octanol–water partition coefficient (Wildman–Crippen LogP) is 0.595. The minimum atomic E-state index is -3.18. The lowest BCUT2D eigenvalue weighted by molar-refractivity contribution is 0.309. The van der Waals surface area contributed by atoms with Crippen molar-refractivity contribution in [2.45, 2.75) is 25.9 Å². The molecule has 0 saturated carbocycles. The minimum absolute atomic E-state index is 0.0442. The summed E-state index contributed by atoms with van der Waals surface area (Å²) >= 11 is 0. The summed E-state index contributed by atoms with van der Waals surface area (Å²) in [6, 6.07) is 5.52. The summed E-state index contributed by atoms with van der Waals surface area (Å²) in [7, 11) is -3.18. The number of sulfonamides is 1. The molecule has 0 aliphatic carbocycles. The van der Waals surface area contributed by atoms with E-state index in [1.54, 1.807) is 10.5 Å². The van der Waals surface area contributed by atoms with Crippen LogP contribution in [0.25, 0.3) is 0 Å². The highest BCUT2D eigenvalue weighted by molar-refractivity contribution is 7.89. The third kappa shape index (κ3) is 3.28. The Morgan fingerprint density at radius 1 is 1.50 bits per heavy atom. The van der Waals surface area contributed by atoms with Crippen LogP contribution in [-0.2, 0) is 16.6 Å². The first-order valence-electron chi connectivity index (χ1n) is 6.20. The molecule has 0 aromatic carbocycles. The van der Waals surface area contributed by atoms with Gasteiger partial charge in [0.2, 0.25) is 10.0 Å². The average Bonchev–Trinajstić information content (AvgIpc) is 2.35. The van der Waals surface area contributed by atoms with Gasteiger partial charge < -0.3 is 5.32 Å². The van der Waals surface area contributed by atoms with Crippen molar-refractivity contribution >= 4 is 10.0 Å². The number of aromatic nitrogens is 1. The van der Waals surface area contributed by atoms with Crippen molar-refractivity contribution in [1.29, 1.82) is 0 Å². The van der Waals surface area contributed by atoms with E-state index in [9.17, 15) is 8.42 Å². The smallest absolute Gasteiger partial charge is 0.214 e. The first-order valence-corrected chi connectivity index (χ1v) is 7.80. The molecule has 0 radical (unpaired) electrons. The van der Waals surface area contributed by atoms with E-state index in [1.165, 1.54) is 0 Å². The predicted molar refractivity (Wildman–Crippen MR) is 70.5 cm³/mol. The summed E-state index contributed by atoms with van der Waals surface area (Å²) in [5.74, 6) is 0.206. The molecule has 18 heavy (non-hydrogen) atoms. The standard InChI is InChI=1S/C12H19N3O2S/c1-11-9-13-6-4-8-18(16,17)15(11)10-12-5-2-3-7-14-12/h2-3,5,7,11,13H,4,6,8-10H2,1H3. The van der Waals surface area contributed by atoms with Crippen LogP contribution < -0.4 is 5.32 Å². The van der Waals surface area contributed by atoms with Crippen molar-refractivity contribution in [3.05, 3.63) is 30.1 Å².